The summed E-state index contributed by atoms with van der Waals surface area (Å²) >= 11 is 0. The van der Waals surface area contributed by atoms with Gasteiger partial charge >= 0.3 is 6.18 Å². The zero-order chi connectivity index (χ0) is 20.8. The van der Waals surface area contributed by atoms with Crippen LogP contribution < -0.4 is 10.4 Å². The van der Waals surface area contributed by atoms with E-state index in [1.54, 1.807) is 4.90 Å². The lowest BCUT2D eigenvalue weighted by atomic mass is 10.1. The van der Waals surface area contributed by atoms with Crippen LogP contribution in [0.25, 0.3) is 0 Å². The number of carbonyl (C=O) groups is 2. The van der Waals surface area contributed by atoms with Gasteiger partial charge < -0.3 is 9.80 Å². The molecule has 2 fully saturated rings. The van der Waals surface area contributed by atoms with Crippen molar-refractivity contribution in [2.24, 2.45) is 0 Å². The number of alkyl halides is 3. The lowest BCUT2D eigenvalue weighted by Gasteiger charge is -2.34. The second-order valence-corrected chi connectivity index (χ2v) is 6.94. The van der Waals surface area contributed by atoms with Crippen LogP contribution in [-0.2, 0) is 6.18 Å². The normalized spacial score (nSPS) is 20.8. The number of nitrogens with zero attached hydrogens (tertiary/aromatic N) is 4. The Labute approximate surface area is 162 Å². The van der Waals surface area contributed by atoms with Crippen LogP contribution in [0.15, 0.2) is 36.7 Å². The van der Waals surface area contributed by atoms with E-state index in [2.05, 4.69) is 9.97 Å². The van der Waals surface area contributed by atoms with Crippen LogP contribution in [0.3, 0.4) is 0 Å². The highest BCUT2D eigenvalue weighted by molar-refractivity contribution is 5.95. The number of likely N-dealkylation sites (tertiary alicyclic amines) is 1. The molecule has 3 heterocycles. The van der Waals surface area contributed by atoms with E-state index in [1.807, 2.05) is 4.90 Å². The minimum Gasteiger partial charge on any atom is -0.334 e. The molecule has 0 saturated carbocycles. The molecule has 1 aromatic heterocycles. The summed E-state index contributed by atoms with van der Waals surface area (Å²) in [6.07, 6.45) is -1.28. The van der Waals surface area contributed by atoms with Gasteiger partial charge in [-0.3, -0.25) is 14.8 Å². The van der Waals surface area contributed by atoms with Gasteiger partial charge in [0, 0.05) is 31.0 Å². The number of hydrogen-bond donors (Lipinski definition) is 2. The van der Waals surface area contributed by atoms with E-state index in [4.69, 9.17) is 5.21 Å². The van der Waals surface area contributed by atoms with Crippen molar-refractivity contribution in [3.63, 3.8) is 0 Å². The zero-order valence-electron chi connectivity index (χ0n) is 14.9. The fourth-order valence-electron chi connectivity index (χ4n) is 3.81. The summed E-state index contributed by atoms with van der Waals surface area (Å²) in [5.74, 6) is -0.769. The minimum absolute atomic E-state index is 0.00884. The van der Waals surface area contributed by atoms with Crippen LogP contribution in [0.5, 0.6) is 0 Å². The van der Waals surface area contributed by atoms with Crippen molar-refractivity contribution < 1.29 is 28.0 Å². The molecule has 2 amide bonds. The third-order valence-corrected chi connectivity index (χ3v) is 5.20. The standard InChI is InChI=1S/C18H16F3N5O3/c19-18(20,21)12-3-1-2-10(4-12)16(28)25-8-14-5-13(25)9-26(14)17-22-6-11(7-23-17)15(27)24-29/h1-4,6-7,13-14,29H,5,8-9H2,(H,24,27)/t13-,14-/m1/s1. The molecule has 0 aliphatic carbocycles. The second kappa shape index (κ2) is 6.99. The average Bonchev–Trinajstić information content (AvgIpc) is 3.33. The van der Waals surface area contributed by atoms with E-state index in [0.29, 0.717) is 25.5 Å². The van der Waals surface area contributed by atoms with Gasteiger partial charge in [-0.2, -0.15) is 13.2 Å². The Balaban J connectivity index is 1.47. The molecular formula is C18H16F3N5O3. The van der Waals surface area contributed by atoms with E-state index >= 15 is 0 Å². The fraction of sp³-hybridized carbons (Fsp3) is 0.333. The summed E-state index contributed by atoms with van der Waals surface area (Å²) in [4.78, 5) is 35.8. The lowest BCUT2D eigenvalue weighted by Crippen LogP contribution is -2.49. The van der Waals surface area contributed by atoms with Gasteiger partial charge in [-0.15, -0.1) is 0 Å². The van der Waals surface area contributed by atoms with Gasteiger partial charge in [0.15, 0.2) is 0 Å². The van der Waals surface area contributed by atoms with Crippen molar-refractivity contribution in [2.75, 3.05) is 18.0 Å². The molecule has 29 heavy (non-hydrogen) atoms. The molecule has 11 heteroatoms. The number of carbonyl (C=O) groups excluding carboxylic acids is 2. The molecule has 8 nitrogen and oxygen atoms in total. The highest BCUT2D eigenvalue weighted by Gasteiger charge is 2.46. The number of hydroxylamine groups is 1. The quantitative estimate of drug-likeness (QED) is 0.594. The van der Waals surface area contributed by atoms with Gasteiger partial charge in [-0.25, -0.2) is 15.4 Å². The first-order valence-corrected chi connectivity index (χ1v) is 8.79. The predicted octanol–water partition coefficient (Wildman–Crippen LogP) is 1.72. The highest BCUT2D eigenvalue weighted by Crippen LogP contribution is 2.35. The Hall–Kier alpha value is -3.21. The van der Waals surface area contributed by atoms with Gasteiger partial charge in [0.2, 0.25) is 5.95 Å². The molecule has 0 radical (unpaired) electrons. The molecular weight excluding hydrogens is 391 g/mol. The molecule has 0 unspecified atom stereocenters. The van der Waals surface area contributed by atoms with Crippen LogP contribution in [0.1, 0.15) is 32.7 Å². The van der Waals surface area contributed by atoms with E-state index in [-0.39, 0.29) is 23.2 Å². The van der Waals surface area contributed by atoms with Crippen molar-refractivity contribution in [2.45, 2.75) is 24.7 Å². The predicted molar refractivity (Wildman–Crippen MR) is 93.3 cm³/mol. The Morgan fingerprint density at radius 2 is 1.83 bits per heavy atom. The summed E-state index contributed by atoms with van der Waals surface area (Å²) < 4.78 is 38.7. The summed E-state index contributed by atoms with van der Waals surface area (Å²) in [5.41, 5.74) is 0.753. The van der Waals surface area contributed by atoms with Crippen LogP contribution in [0, 0.1) is 0 Å². The molecule has 2 saturated heterocycles. The molecule has 2 aliphatic rings. The van der Waals surface area contributed by atoms with E-state index in [0.717, 1.165) is 12.1 Å². The number of anilines is 1. The summed E-state index contributed by atoms with van der Waals surface area (Å²) in [6, 6.07) is 4.20. The Kier molecular flexibility index (Phi) is 4.61. The van der Waals surface area contributed by atoms with Crippen LogP contribution in [0.4, 0.5) is 19.1 Å². The SMILES string of the molecule is O=C(NO)c1cnc(N2C[C@H]3C[C@@H]2CN3C(=O)c2cccc(C(F)(F)F)c2)nc1. The van der Waals surface area contributed by atoms with Gasteiger partial charge in [-0.1, -0.05) is 6.07 Å². The summed E-state index contributed by atoms with van der Waals surface area (Å²) in [7, 11) is 0. The van der Waals surface area contributed by atoms with Crippen molar-refractivity contribution in [1.29, 1.82) is 0 Å². The second-order valence-electron chi connectivity index (χ2n) is 6.94. The number of halogens is 3. The van der Waals surface area contributed by atoms with Crippen molar-refractivity contribution in [3.8, 4) is 0 Å². The Morgan fingerprint density at radius 1 is 1.10 bits per heavy atom. The topological polar surface area (TPSA) is 98.7 Å². The summed E-state index contributed by atoms with van der Waals surface area (Å²) in [6.45, 7) is 0.795. The number of nitrogens with one attached hydrogen (secondary N) is 1. The first-order valence-electron chi connectivity index (χ1n) is 8.79. The maximum atomic E-state index is 12.9. The van der Waals surface area contributed by atoms with E-state index < -0.39 is 23.6 Å². The van der Waals surface area contributed by atoms with Gasteiger partial charge in [0.05, 0.1) is 23.2 Å². The van der Waals surface area contributed by atoms with Gasteiger partial charge in [0.1, 0.15) is 0 Å². The average molecular weight is 407 g/mol. The maximum absolute atomic E-state index is 12.9. The van der Waals surface area contributed by atoms with Crippen molar-refractivity contribution >= 4 is 17.8 Å². The third kappa shape index (κ3) is 3.48. The van der Waals surface area contributed by atoms with Crippen molar-refractivity contribution in [3.05, 3.63) is 53.3 Å². The molecule has 1 aromatic carbocycles. The molecule has 152 valence electrons. The number of rotatable bonds is 3. The van der Waals surface area contributed by atoms with Crippen molar-refractivity contribution in [1.82, 2.24) is 20.3 Å². The zero-order valence-corrected chi connectivity index (χ0v) is 14.9. The van der Waals surface area contributed by atoms with Crippen LogP contribution >= 0.6 is 0 Å². The number of benzene rings is 1. The summed E-state index contributed by atoms with van der Waals surface area (Å²) in [5, 5.41) is 8.63. The molecule has 0 spiro atoms. The number of aromatic nitrogens is 2. The maximum Gasteiger partial charge on any atom is 0.416 e. The molecule has 2 N–H and O–H groups in total. The molecule has 2 aliphatic heterocycles. The number of piperazine rings is 1. The van der Waals surface area contributed by atoms with E-state index in [9.17, 15) is 22.8 Å². The third-order valence-electron chi connectivity index (χ3n) is 5.20. The Morgan fingerprint density at radius 3 is 2.41 bits per heavy atom. The Bertz CT molecular complexity index is 951. The monoisotopic (exact) mass is 407 g/mol. The lowest BCUT2D eigenvalue weighted by molar-refractivity contribution is -0.137. The largest absolute Gasteiger partial charge is 0.416 e. The van der Waals surface area contributed by atoms with Crippen LogP contribution in [0.2, 0.25) is 0 Å². The number of fused-ring (bicyclic) bond motifs is 2. The smallest absolute Gasteiger partial charge is 0.334 e. The molecule has 4 rings (SSSR count). The molecule has 2 aromatic rings. The highest BCUT2D eigenvalue weighted by atomic mass is 19.4. The number of hydrogen-bond acceptors (Lipinski definition) is 6. The van der Waals surface area contributed by atoms with Crippen LogP contribution in [-0.4, -0.2) is 57.1 Å². The van der Waals surface area contributed by atoms with Gasteiger partial charge in [-0.05, 0) is 24.6 Å². The fourth-order valence-corrected chi connectivity index (χ4v) is 3.81. The molecule has 2 bridgehead atoms. The van der Waals surface area contributed by atoms with E-state index in [1.165, 1.54) is 30.0 Å². The minimum atomic E-state index is -4.51. The first-order chi connectivity index (χ1) is 13.8. The molecule has 2 atom stereocenters. The first kappa shape index (κ1) is 19.1. The van der Waals surface area contributed by atoms with Gasteiger partial charge in [0.25, 0.3) is 11.8 Å². The number of amides is 2.